The van der Waals surface area contributed by atoms with Crippen LogP contribution in [0.15, 0.2) is 30.3 Å². The Morgan fingerprint density at radius 3 is 2.95 bits per heavy atom. The van der Waals surface area contributed by atoms with Crippen molar-refractivity contribution in [3.8, 4) is 5.75 Å². The summed E-state index contributed by atoms with van der Waals surface area (Å²) in [7, 11) is 0. The van der Waals surface area contributed by atoms with E-state index in [9.17, 15) is 0 Å². The first kappa shape index (κ1) is 12.1. The highest BCUT2D eigenvalue weighted by Gasteiger charge is 2.10. The molecule has 0 bridgehead atoms. The Labute approximate surface area is 111 Å². The number of pyridine rings is 1. The maximum absolute atomic E-state index is 5.35. The molecule has 0 saturated carbocycles. The molecule has 1 aliphatic heterocycles. The molecule has 1 aliphatic rings. The summed E-state index contributed by atoms with van der Waals surface area (Å²) in [4.78, 5) is 9.46. The second-order valence-corrected chi connectivity index (χ2v) is 4.67. The fourth-order valence-corrected chi connectivity index (χ4v) is 2.41. The van der Waals surface area contributed by atoms with Crippen molar-refractivity contribution in [1.29, 1.82) is 0 Å². The number of nitrogens with zero attached hydrogens (tertiary/aromatic N) is 1. The number of ether oxygens (including phenoxy) is 1. The summed E-state index contributed by atoms with van der Waals surface area (Å²) >= 11 is 0. The average molecular weight is 256 g/mol. The summed E-state index contributed by atoms with van der Waals surface area (Å²) in [5.74, 6) is 6.01. The van der Waals surface area contributed by atoms with E-state index in [1.165, 1.54) is 11.1 Å². The van der Waals surface area contributed by atoms with Crippen molar-refractivity contribution < 1.29 is 9.57 Å². The Kier molecular flexibility index (Phi) is 3.19. The van der Waals surface area contributed by atoms with E-state index in [1.807, 2.05) is 19.1 Å². The molecule has 1 aromatic carbocycles. The van der Waals surface area contributed by atoms with Gasteiger partial charge < -0.3 is 9.57 Å². The molecule has 0 unspecified atom stereocenters. The minimum Gasteiger partial charge on any atom is -0.411 e. The van der Waals surface area contributed by atoms with E-state index in [0.717, 1.165) is 29.6 Å². The molecule has 0 fully saturated rings. The van der Waals surface area contributed by atoms with Gasteiger partial charge in [-0.25, -0.2) is 0 Å². The maximum Gasteiger partial charge on any atom is 0.158 e. The van der Waals surface area contributed by atoms with Crippen LogP contribution in [0.4, 0.5) is 0 Å². The molecule has 0 atom stereocenters. The zero-order valence-electron chi connectivity index (χ0n) is 10.8. The predicted octanol–water partition coefficient (Wildman–Crippen LogP) is 2.60. The van der Waals surface area contributed by atoms with Gasteiger partial charge in [0.1, 0.15) is 0 Å². The zero-order chi connectivity index (χ0) is 13.2. The molecule has 2 aromatic rings. The van der Waals surface area contributed by atoms with E-state index < -0.39 is 0 Å². The van der Waals surface area contributed by atoms with Crippen LogP contribution in [0.2, 0.25) is 0 Å². The fraction of sp³-hybridized carbons (Fsp3) is 0.267. The van der Waals surface area contributed by atoms with Gasteiger partial charge in [-0.05, 0) is 36.6 Å². The smallest absolute Gasteiger partial charge is 0.158 e. The molecule has 98 valence electrons. The van der Waals surface area contributed by atoms with Crippen LogP contribution >= 0.6 is 0 Å². The highest BCUT2D eigenvalue weighted by atomic mass is 16.6. The second-order valence-electron chi connectivity index (χ2n) is 4.67. The summed E-state index contributed by atoms with van der Waals surface area (Å²) in [6.45, 7) is 3.38. The van der Waals surface area contributed by atoms with Crippen molar-refractivity contribution in [2.24, 2.45) is 5.90 Å². The molecule has 0 amide bonds. The molecule has 1 aromatic heterocycles. The van der Waals surface area contributed by atoms with E-state index in [0.29, 0.717) is 12.4 Å². The Balaban J connectivity index is 2.14. The SMILES string of the molecule is Cc1cc(ON)c2cc(C3=CCOCC3)ccc2n1. The lowest BCUT2D eigenvalue weighted by atomic mass is 9.99. The maximum atomic E-state index is 5.35. The van der Waals surface area contributed by atoms with Crippen LogP contribution in [0.3, 0.4) is 0 Å². The molecule has 0 radical (unpaired) electrons. The molecular weight excluding hydrogens is 240 g/mol. The van der Waals surface area contributed by atoms with Gasteiger partial charge in [-0.1, -0.05) is 12.1 Å². The van der Waals surface area contributed by atoms with Gasteiger partial charge in [-0.3, -0.25) is 4.98 Å². The molecule has 0 aliphatic carbocycles. The first-order valence-electron chi connectivity index (χ1n) is 6.33. The van der Waals surface area contributed by atoms with Gasteiger partial charge in [0.25, 0.3) is 0 Å². The minimum absolute atomic E-state index is 0.664. The van der Waals surface area contributed by atoms with Crippen LogP contribution in [-0.4, -0.2) is 18.2 Å². The Morgan fingerprint density at radius 1 is 1.32 bits per heavy atom. The van der Waals surface area contributed by atoms with Crippen LogP contribution < -0.4 is 10.7 Å². The number of nitrogens with two attached hydrogens (primary N) is 1. The Hall–Kier alpha value is -1.91. The first-order valence-corrected chi connectivity index (χ1v) is 6.33. The number of fused-ring (bicyclic) bond motifs is 1. The lowest BCUT2D eigenvalue weighted by Gasteiger charge is -2.14. The Bertz CT molecular complexity index is 650. The van der Waals surface area contributed by atoms with Crippen LogP contribution in [0.25, 0.3) is 16.5 Å². The zero-order valence-corrected chi connectivity index (χ0v) is 10.8. The fourth-order valence-electron chi connectivity index (χ4n) is 2.41. The van der Waals surface area contributed by atoms with Crippen molar-refractivity contribution in [2.45, 2.75) is 13.3 Å². The highest BCUT2D eigenvalue weighted by Crippen LogP contribution is 2.29. The van der Waals surface area contributed by atoms with Crippen molar-refractivity contribution in [3.05, 3.63) is 41.6 Å². The Morgan fingerprint density at radius 2 is 2.21 bits per heavy atom. The predicted molar refractivity (Wildman–Crippen MR) is 74.7 cm³/mol. The molecule has 4 heteroatoms. The number of aryl methyl sites for hydroxylation is 1. The van der Waals surface area contributed by atoms with Crippen molar-refractivity contribution in [1.82, 2.24) is 4.98 Å². The van der Waals surface area contributed by atoms with Gasteiger partial charge >= 0.3 is 0 Å². The number of benzene rings is 1. The number of rotatable bonds is 2. The molecule has 3 rings (SSSR count). The normalized spacial score (nSPS) is 15.4. The molecule has 4 nitrogen and oxygen atoms in total. The summed E-state index contributed by atoms with van der Waals surface area (Å²) in [6, 6.07) is 8.04. The van der Waals surface area contributed by atoms with E-state index >= 15 is 0 Å². The molecule has 0 spiro atoms. The van der Waals surface area contributed by atoms with E-state index in [-0.39, 0.29) is 0 Å². The molecule has 0 saturated heterocycles. The largest absolute Gasteiger partial charge is 0.411 e. The highest BCUT2D eigenvalue weighted by molar-refractivity contribution is 5.88. The lowest BCUT2D eigenvalue weighted by Crippen LogP contribution is -2.05. The second kappa shape index (κ2) is 4.99. The third kappa shape index (κ3) is 2.32. The van der Waals surface area contributed by atoms with E-state index in [4.69, 9.17) is 15.5 Å². The van der Waals surface area contributed by atoms with Gasteiger partial charge in [0, 0.05) is 17.1 Å². The van der Waals surface area contributed by atoms with Crippen molar-refractivity contribution >= 4 is 16.5 Å². The lowest BCUT2D eigenvalue weighted by molar-refractivity contribution is 0.161. The monoisotopic (exact) mass is 256 g/mol. The summed E-state index contributed by atoms with van der Waals surface area (Å²) < 4.78 is 5.34. The summed E-state index contributed by atoms with van der Waals surface area (Å²) in [5.41, 5.74) is 4.28. The number of hydrogen-bond donors (Lipinski definition) is 1. The number of aromatic nitrogens is 1. The third-order valence-electron chi connectivity index (χ3n) is 3.36. The van der Waals surface area contributed by atoms with Gasteiger partial charge in [-0.15, -0.1) is 0 Å². The van der Waals surface area contributed by atoms with Crippen LogP contribution in [0.5, 0.6) is 5.75 Å². The van der Waals surface area contributed by atoms with Gasteiger partial charge in [0.2, 0.25) is 0 Å². The van der Waals surface area contributed by atoms with E-state index in [2.05, 4.69) is 23.2 Å². The average Bonchev–Trinajstić information content (AvgIpc) is 2.46. The van der Waals surface area contributed by atoms with E-state index in [1.54, 1.807) is 0 Å². The summed E-state index contributed by atoms with van der Waals surface area (Å²) in [5, 5.41) is 0.943. The molecule has 2 N–H and O–H groups in total. The molecule has 2 heterocycles. The van der Waals surface area contributed by atoms with Crippen molar-refractivity contribution in [3.63, 3.8) is 0 Å². The quantitative estimate of drug-likeness (QED) is 0.839. The topological polar surface area (TPSA) is 57.4 Å². The number of hydrogen-bond acceptors (Lipinski definition) is 4. The summed E-state index contributed by atoms with van der Waals surface area (Å²) in [6.07, 6.45) is 3.05. The van der Waals surface area contributed by atoms with Crippen LogP contribution in [0, 0.1) is 6.92 Å². The van der Waals surface area contributed by atoms with Gasteiger partial charge in [0.05, 0.1) is 18.7 Å². The molecular formula is C15H16N2O2. The standard InChI is InChI=1S/C15H16N2O2/c1-10-8-15(19-16)13-9-12(2-3-14(13)17-10)11-4-6-18-7-5-11/h2-4,8-9H,5-7,16H2,1H3. The van der Waals surface area contributed by atoms with Gasteiger partial charge in [0.15, 0.2) is 5.75 Å². The minimum atomic E-state index is 0.664. The third-order valence-corrected chi connectivity index (χ3v) is 3.36. The van der Waals surface area contributed by atoms with Crippen LogP contribution in [-0.2, 0) is 4.74 Å². The van der Waals surface area contributed by atoms with Crippen LogP contribution in [0.1, 0.15) is 17.7 Å². The van der Waals surface area contributed by atoms with Gasteiger partial charge in [-0.2, -0.15) is 5.90 Å². The first-order chi connectivity index (χ1) is 9.28. The molecule has 19 heavy (non-hydrogen) atoms. The van der Waals surface area contributed by atoms with Crippen molar-refractivity contribution in [2.75, 3.05) is 13.2 Å².